The molecule has 0 fully saturated rings. The van der Waals surface area contributed by atoms with Gasteiger partial charge in [-0.05, 0) is 25.5 Å². The van der Waals surface area contributed by atoms with Gasteiger partial charge in [0.05, 0.1) is 24.3 Å². The van der Waals surface area contributed by atoms with E-state index in [0.29, 0.717) is 6.61 Å². The minimum absolute atomic E-state index is 0.444. The van der Waals surface area contributed by atoms with Crippen molar-refractivity contribution < 1.29 is 9.84 Å². The Morgan fingerprint density at radius 3 is 2.83 bits per heavy atom. The number of nitrogens with zero attached hydrogens (tertiary/aromatic N) is 2. The number of rotatable bonds is 4. The summed E-state index contributed by atoms with van der Waals surface area (Å²) in [5.41, 5.74) is 2.91. The summed E-state index contributed by atoms with van der Waals surface area (Å²) in [6.45, 7) is 4.18. The summed E-state index contributed by atoms with van der Waals surface area (Å²) >= 11 is 0. The molecule has 0 saturated carbocycles. The van der Waals surface area contributed by atoms with E-state index in [0.717, 1.165) is 22.6 Å². The Morgan fingerprint density at radius 2 is 2.22 bits per heavy atom. The lowest BCUT2D eigenvalue weighted by atomic mass is 10.1. The van der Waals surface area contributed by atoms with Crippen molar-refractivity contribution in [1.82, 2.24) is 9.55 Å². The van der Waals surface area contributed by atoms with Crippen LogP contribution in [-0.4, -0.2) is 14.7 Å². The highest BCUT2D eigenvalue weighted by Crippen LogP contribution is 2.26. The molecule has 1 atom stereocenters. The fourth-order valence-electron chi connectivity index (χ4n) is 1.79. The summed E-state index contributed by atoms with van der Waals surface area (Å²) in [5, 5.41) is 9.71. The van der Waals surface area contributed by atoms with Crippen molar-refractivity contribution in [2.75, 3.05) is 0 Å². The third-order valence-electron chi connectivity index (χ3n) is 2.91. The molecule has 0 spiro atoms. The molecule has 1 N–H and O–H groups in total. The number of imidazole rings is 1. The molecule has 0 aliphatic rings. The predicted octanol–water partition coefficient (Wildman–Crippen LogP) is 2.36. The molecule has 0 radical (unpaired) electrons. The molecular weight excluding hydrogens is 228 g/mol. The smallest absolute Gasteiger partial charge is 0.130 e. The molecule has 0 bridgehead atoms. The van der Waals surface area contributed by atoms with Crippen LogP contribution in [0.5, 0.6) is 5.75 Å². The van der Waals surface area contributed by atoms with Crippen LogP contribution in [0.2, 0.25) is 0 Å². The lowest BCUT2D eigenvalue weighted by molar-refractivity contribution is 0.189. The SMILES string of the molecule is Cc1ccc([C@H](C)O)c(OCc2cncn2C)c1. The van der Waals surface area contributed by atoms with Gasteiger partial charge in [-0.3, -0.25) is 0 Å². The highest BCUT2D eigenvalue weighted by Gasteiger charge is 2.10. The maximum Gasteiger partial charge on any atom is 0.130 e. The number of hydrogen-bond donors (Lipinski definition) is 1. The number of aromatic nitrogens is 2. The zero-order chi connectivity index (χ0) is 13.1. The normalized spacial score (nSPS) is 12.4. The van der Waals surface area contributed by atoms with Gasteiger partial charge in [-0.15, -0.1) is 0 Å². The summed E-state index contributed by atoms with van der Waals surface area (Å²) in [6, 6.07) is 5.82. The van der Waals surface area contributed by atoms with Gasteiger partial charge in [0.15, 0.2) is 0 Å². The Kier molecular flexibility index (Phi) is 3.67. The van der Waals surface area contributed by atoms with Crippen LogP contribution in [0, 0.1) is 6.92 Å². The molecule has 18 heavy (non-hydrogen) atoms. The second-order valence-electron chi connectivity index (χ2n) is 4.50. The molecule has 4 heteroatoms. The lowest BCUT2D eigenvalue weighted by Crippen LogP contribution is -2.04. The van der Waals surface area contributed by atoms with Gasteiger partial charge < -0.3 is 14.4 Å². The van der Waals surface area contributed by atoms with E-state index in [1.165, 1.54) is 0 Å². The van der Waals surface area contributed by atoms with Crippen LogP contribution in [0.15, 0.2) is 30.7 Å². The van der Waals surface area contributed by atoms with Crippen LogP contribution >= 0.6 is 0 Å². The van der Waals surface area contributed by atoms with Crippen molar-refractivity contribution in [1.29, 1.82) is 0 Å². The van der Waals surface area contributed by atoms with E-state index in [2.05, 4.69) is 4.98 Å². The molecular formula is C14H18N2O2. The van der Waals surface area contributed by atoms with Crippen LogP contribution in [0.25, 0.3) is 0 Å². The molecule has 96 valence electrons. The molecule has 0 saturated heterocycles. The van der Waals surface area contributed by atoms with Crippen molar-refractivity contribution in [2.24, 2.45) is 7.05 Å². The van der Waals surface area contributed by atoms with Crippen molar-refractivity contribution in [3.8, 4) is 5.75 Å². The van der Waals surface area contributed by atoms with Crippen LogP contribution in [0.3, 0.4) is 0 Å². The first-order valence-electron chi connectivity index (χ1n) is 5.94. The minimum atomic E-state index is -0.535. The maximum atomic E-state index is 9.71. The third-order valence-corrected chi connectivity index (χ3v) is 2.91. The number of benzene rings is 1. The van der Waals surface area contributed by atoms with Gasteiger partial charge >= 0.3 is 0 Å². The van der Waals surface area contributed by atoms with Crippen LogP contribution in [0.1, 0.15) is 29.8 Å². The van der Waals surface area contributed by atoms with Gasteiger partial charge in [-0.1, -0.05) is 12.1 Å². The Morgan fingerprint density at radius 1 is 1.44 bits per heavy atom. The van der Waals surface area contributed by atoms with Gasteiger partial charge in [0.25, 0.3) is 0 Å². The number of aliphatic hydroxyl groups is 1. The van der Waals surface area contributed by atoms with Gasteiger partial charge in [-0.25, -0.2) is 4.98 Å². The molecule has 0 unspecified atom stereocenters. The van der Waals surface area contributed by atoms with Gasteiger partial charge in [0, 0.05) is 12.6 Å². The van der Waals surface area contributed by atoms with Crippen molar-refractivity contribution in [3.05, 3.63) is 47.5 Å². The van der Waals surface area contributed by atoms with Crippen molar-refractivity contribution >= 4 is 0 Å². The molecule has 0 aliphatic heterocycles. The highest BCUT2D eigenvalue weighted by atomic mass is 16.5. The Bertz CT molecular complexity index is 532. The minimum Gasteiger partial charge on any atom is -0.487 e. The molecule has 1 heterocycles. The van der Waals surface area contributed by atoms with Gasteiger partial charge in [0.2, 0.25) is 0 Å². The number of aryl methyl sites for hydroxylation is 2. The van der Waals surface area contributed by atoms with Crippen LogP contribution in [0.4, 0.5) is 0 Å². The summed E-state index contributed by atoms with van der Waals surface area (Å²) in [5.74, 6) is 0.728. The van der Waals surface area contributed by atoms with Crippen LogP contribution < -0.4 is 4.74 Å². The molecule has 0 aliphatic carbocycles. The zero-order valence-electron chi connectivity index (χ0n) is 10.9. The largest absolute Gasteiger partial charge is 0.487 e. The average molecular weight is 246 g/mol. The van der Waals surface area contributed by atoms with Crippen LogP contribution in [-0.2, 0) is 13.7 Å². The molecule has 4 nitrogen and oxygen atoms in total. The summed E-state index contributed by atoms with van der Waals surface area (Å²) < 4.78 is 7.70. The zero-order valence-corrected chi connectivity index (χ0v) is 10.9. The molecule has 2 aromatic rings. The predicted molar refractivity (Wildman–Crippen MR) is 69.4 cm³/mol. The quantitative estimate of drug-likeness (QED) is 0.900. The lowest BCUT2D eigenvalue weighted by Gasteiger charge is -2.14. The van der Waals surface area contributed by atoms with E-state index in [1.54, 1.807) is 19.4 Å². The molecule has 2 rings (SSSR count). The first-order valence-corrected chi connectivity index (χ1v) is 5.94. The van der Waals surface area contributed by atoms with Crippen molar-refractivity contribution in [3.63, 3.8) is 0 Å². The molecule has 1 aromatic carbocycles. The van der Waals surface area contributed by atoms with E-state index in [1.807, 2.05) is 36.7 Å². The fraction of sp³-hybridized carbons (Fsp3) is 0.357. The Labute approximate surface area is 107 Å². The first-order chi connectivity index (χ1) is 8.58. The Hall–Kier alpha value is -1.81. The molecule has 1 aromatic heterocycles. The van der Waals surface area contributed by atoms with Gasteiger partial charge in [0.1, 0.15) is 12.4 Å². The number of hydrogen-bond acceptors (Lipinski definition) is 3. The fourth-order valence-corrected chi connectivity index (χ4v) is 1.79. The van der Waals surface area contributed by atoms with Gasteiger partial charge in [-0.2, -0.15) is 0 Å². The van der Waals surface area contributed by atoms with E-state index >= 15 is 0 Å². The molecule has 0 amide bonds. The second-order valence-corrected chi connectivity index (χ2v) is 4.50. The monoisotopic (exact) mass is 246 g/mol. The van der Waals surface area contributed by atoms with Crippen molar-refractivity contribution in [2.45, 2.75) is 26.6 Å². The van der Waals surface area contributed by atoms with E-state index in [9.17, 15) is 5.11 Å². The third kappa shape index (κ3) is 2.71. The first kappa shape index (κ1) is 12.6. The Balaban J connectivity index is 2.18. The maximum absolute atomic E-state index is 9.71. The second kappa shape index (κ2) is 5.23. The topological polar surface area (TPSA) is 47.3 Å². The summed E-state index contributed by atoms with van der Waals surface area (Å²) in [7, 11) is 1.93. The number of aliphatic hydroxyl groups excluding tert-OH is 1. The van der Waals surface area contributed by atoms with E-state index in [4.69, 9.17) is 4.74 Å². The van der Waals surface area contributed by atoms with E-state index in [-0.39, 0.29) is 0 Å². The highest BCUT2D eigenvalue weighted by molar-refractivity contribution is 5.38. The standard InChI is InChI=1S/C14H18N2O2/c1-10-4-5-13(11(2)17)14(6-10)18-8-12-7-15-9-16(12)3/h4-7,9,11,17H,8H2,1-3H3/t11-/m0/s1. The summed E-state index contributed by atoms with van der Waals surface area (Å²) in [4.78, 5) is 4.04. The summed E-state index contributed by atoms with van der Waals surface area (Å²) in [6.07, 6.45) is 2.98. The number of ether oxygens (including phenoxy) is 1. The average Bonchev–Trinajstić information content (AvgIpc) is 2.72. The van der Waals surface area contributed by atoms with E-state index < -0.39 is 6.10 Å².